The summed E-state index contributed by atoms with van der Waals surface area (Å²) in [5, 5.41) is 17.0. The smallest absolute Gasteiger partial charge is 0.0626 e. The molecule has 0 saturated carbocycles. The second kappa shape index (κ2) is 5.80. The van der Waals surface area contributed by atoms with Crippen molar-refractivity contribution in [3.63, 3.8) is 0 Å². The standard InChI is InChI=1S/C14H19N3O/c1-11-13(9-16-17(11)2)8-15-14(10-18)12-6-4-3-5-7-12/h3-7,9,14-15,18H,8,10H2,1-2H3/t14-/m1/s1. The quantitative estimate of drug-likeness (QED) is 0.840. The van der Waals surface area contributed by atoms with Crippen LogP contribution in [0.1, 0.15) is 22.9 Å². The Morgan fingerprint density at radius 2 is 2.06 bits per heavy atom. The van der Waals surface area contributed by atoms with Gasteiger partial charge in [-0.1, -0.05) is 30.3 Å². The third-order valence-corrected chi connectivity index (χ3v) is 3.26. The lowest BCUT2D eigenvalue weighted by Gasteiger charge is -2.16. The first-order valence-corrected chi connectivity index (χ1v) is 6.09. The van der Waals surface area contributed by atoms with E-state index >= 15 is 0 Å². The van der Waals surface area contributed by atoms with Crippen molar-refractivity contribution in [2.45, 2.75) is 19.5 Å². The van der Waals surface area contributed by atoms with Crippen LogP contribution in [0.15, 0.2) is 36.5 Å². The van der Waals surface area contributed by atoms with Gasteiger partial charge in [-0.25, -0.2) is 0 Å². The van der Waals surface area contributed by atoms with Gasteiger partial charge < -0.3 is 10.4 Å². The predicted molar refractivity (Wildman–Crippen MR) is 71.1 cm³/mol. The van der Waals surface area contributed by atoms with E-state index in [9.17, 15) is 5.11 Å². The van der Waals surface area contributed by atoms with Gasteiger partial charge in [0, 0.05) is 24.8 Å². The minimum absolute atomic E-state index is 0.0363. The van der Waals surface area contributed by atoms with E-state index in [0.717, 1.165) is 16.8 Å². The van der Waals surface area contributed by atoms with Gasteiger partial charge in [0.25, 0.3) is 0 Å². The van der Waals surface area contributed by atoms with Gasteiger partial charge in [0.05, 0.1) is 18.8 Å². The molecule has 0 unspecified atom stereocenters. The monoisotopic (exact) mass is 245 g/mol. The fourth-order valence-electron chi connectivity index (χ4n) is 1.92. The van der Waals surface area contributed by atoms with Crippen LogP contribution in [0.4, 0.5) is 0 Å². The Kier molecular flexibility index (Phi) is 4.12. The molecule has 0 aliphatic heterocycles. The summed E-state index contributed by atoms with van der Waals surface area (Å²) in [6.07, 6.45) is 1.86. The van der Waals surface area contributed by atoms with E-state index < -0.39 is 0 Å². The van der Waals surface area contributed by atoms with E-state index in [1.165, 1.54) is 0 Å². The van der Waals surface area contributed by atoms with Gasteiger partial charge in [0.15, 0.2) is 0 Å². The highest BCUT2D eigenvalue weighted by Gasteiger charge is 2.10. The van der Waals surface area contributed by atoms with Crippen LogP contribution in [-0.4, -0.2) is 21.5 Å². The number of nitrogens with one attached hydrogen (secondary N) is 1. The van der Waals surface area contributed by atoms with Gasteiger partial charge in [0.1, 0.15) is 0 Å². The Labute approximate surface area is 107 Å². The van der Waals surface area contributed by atoms with Crippen LogP contribution in [0.25, 0.3) is 0 Å². The van der Waals surface area contributed by atoms with Gasteiger partial charge >= 0.3 is 0 Å². The summed E-state index contributed by atoms with van der Waals surface area (Å²) in [5.74, 6) is 0. The van der Waals surface area contributed by atoms with Gasteiger partial charge in [0.2, 0.25) is 0 Å². The van der Waals surface area contributed by atoms with Crippen molar-refractivity contribution in [1.29, 1.82) is 0 Å². The minimum atomic E-state index is -0.0363. The molecule has 4 nitrogen and oxygen atoms in total. The van der Waals surface area contributed by atoms with Gasteiger partial charge in [-0.3, -0.25) is 4.68 Å². The summed E-state index contributed by atoms with van der Waals surface area (Å²) in [7, 11) is 1.93. The number of hydrogen-bond donors (Lipinski definition) is 2. The zero-order valence-electron chi connectivity index (χ0n) is 10.8. The number of rotatable bonds is 5. The van der Waals surface area contributed by atoms with Crippen LogP contribution in [-0.2, 0) is 13.6 Å². The maximum Gasteiger partial charge on any atom is 0.0626 e. The summed E-state index contributed by atoms with van der Waals surface area (Å²) in [5.41, 5.74) is 3.40. The molecule has 2 rings (SSSR count). The average molecular weight is 245 g/mol. The van der Waals surface area contributed by atoms with E-state index in [1.807, 2.05) is 55.2 Å². The lowest BCUT2D eigenvalue weighted by molar-refractivity contribution is 0.243. The van der Waals surface area contributed by atoms with E-state index in [1.54, 1.807) is 0 Å². The molecule has 0 bridgehead atoms. The summed E-state index contributed by atoms with van der Waals surface area (Å²) >= 11 is 0. The molecule has 0 amide bonds. The normalized spacial score (nSPS) is 12.6. The summed E-state index contributed by atoms with van der Waals surface area (Å²) in [6, 6.07) is 9.94. The summed E-state index contributed by atoms with van der Waals surface area (Å²) in [6.45, 7) is 2.84. The molecule has 1 atom stereocenters. The van der Waals surface area contributed by atoms with Crippen LogP contribution in [0.2, 0.25) is 0 Å². The number of aromatic nitrogens is 2. The third kappa shape index (κ3) is 2.78. The molecule has 1 heterocycles. The molecular formula is C14H19N3O. The second-order valence-electron chi connectivity index (χ2n) is 4.41. The summed E-state index contributed by atoms with van der Waals surface area (Å²) < 4.78 is 1.85. The largest absolute Gasteiger partial charge is 0.394 e. The van der Waals surface area contributed by atoms with Crippen molar-refractivity contribution in [2.75, 3.05) is 6.61 Å². The van der Waals surface area contributed by atoms with E-state index in [0.29, 0.717) is 6.54 Å². The van der Waals surface area contributed by atoms with Gasteiger partial charge in [-0.2, -0.15) is 5.10 Å². The molecular weight excluding hydrogens is 226 g/mol. The fraction of sp³-hybridized carbons (Fsp3) is 0.357. The molecule has 0 aliphatic carbocycles. The molecule has 1 aromatic carbocycles. The van der Waals surface area contributed by atoms with E-state index in [2.05, 4.69) is 10.4 Å². The number of aliphatic hydroxyl groups is 1. The van der Waals surface area contributed by atoms with Crippen molar-refractivity contribution in [2.24, 2.45) is 7.05 Å². The first-order valence-electron chi connectivity index (χ1n) is 6.09. The predicted octanol–water partition coefficient (Wildman–Crippen LogP) is 1.55. The van der Waals surface area contributed by atoms with Crippen LogP contribution < -0.4 is 5.32 Å². The van der Waals surface area contributed by atoms with Crippen molar-refractivity contribution in [3.8, 4) is 0 Å². The Hall–Kier alpha value is -1.65. The molecule has 0 fully saturated rings. The molecule has 2 aromatic rings. The van der Waals surface area contributed by atoms with Crippen molar-refractivity contribution in [3.05, 3.63) is 53.3 Å². The SMILES string of the molecule is Cc1c(CN[C@H](CO)c2ccccc2)cnn1C. The molecule has 0 radical (unpaired) electrons. The Morgan fingerprint density at radius 1 is 1.33 bits per heavy atom. The molecule has 2 N–H and O–H groups in total. The molecule has 0 saturated heterocycles. The average Bonchev–Trinajstić information content (AvgIpc) is 2.72. The van der Waals surface area contributed by atoms with E-state index in [4.69, 9.17) is 0 Å². The summed E-state index contributed by atoms with van der Waals surface area (Å²) in [4.78, 5) is 0. The topological polar surface area (TPSA) is 50.1 Å². The molecule has 1 aromatic heterocycles. The Balaban J connectivity index is 2.02. The maximum absolute atomic E-state index is 9.45. The molecule has 0 spiro atoms. The van der Waals surface area contributed by atoms with Crippen LogP contribution in [0, 0.1) is 6.92 Å². The second-order valence-corrected chi connectivity index (χ2v) is 4.41. The number of aryl methyl sites for hydroxylation is 1. The Bertz CT molecular complexity index is 493. The van der Waals surface area contributed by atoms with Crippen LogP contribution >= 0.6 is 0 Å². The van der Waals surface area contributed by atoms with Crippen molar-refractivity contribution >= 4 is 0 Å². The fourth-order valence-corrected chi connectivity index (χ4v) is 1.92. The number of hydrogen-bond acceptors (Lipinski definition) is 3. The van der Waals surface area contributed by atoms with Gasteiger partial charge in [-0.15, -0.1) is 0 Å². The first-order chi connectivity index (χ1) is 8.72. The lowest BCUT2D eigenvalue weighted by atomic mass is 10.1. The van der Waals surface area contributed by atoms with E-state index in [-0.39, 0.29) is 12.6 Å². The minimum Gasteiger partial charge on any atom is -0.394 e. The third-order valence-electron chi connectivity index (χ3n) is 3.26. The number of aliphatic hydroxyl groups excluding tert-OH is 1. The lowest BCUT2D eigenvalue weighted by Crippen LogP contribution is -2.24. The van der Waals surface area contributed by atoms with Crippen LogP contribution in [0.3, 0.4) is 0 Å². The zero-order chi connectivity index (χ0) is 13.0. The maximum atomic E-state index is 9.45. The molecule has 96 valence electrons. The number of benzene rings is 1. The molecule has 18 heavy (non-hydrogen) atoms. The molecule has 0 aliphatic rings. The highest BCUT2D eigenvalue weighted by atomic mass is 16.3. The Morgan fingerprint density at radius 3 is 2.61 bits per heavy atom. The highest BCUT2D eigenvalue weighted by Crippen LogP contribution is 2.13. The van der Waals surface area contributed by atoms with Crippen LogP contribution in [0.5, 0.6) is 0 Å². The van der Waals surface area contributed by atoms with Crippen molar-refractivity contribution in [1.82, 2.24) is 15.1 Å². The highest BCUT2D eigenvalue weighted by molar-refractivity contribution is 5.20. The van der Waals surface area contributed by atoms with Gasteiger partial charge in [-0.05, 0) is 12.5 Å². The van der Waals surface area contributed by atoms with Crippen molar-refractivity contribution < 1.29 is 5.11 Å². The number of nitrogens with zero attached hydrogens (tertiary/aromatic N) is 2. The molecule has 4 heteroatoms. The first kappa shape index (κ1) is 12.8. The zero-order valence-corrected chi connectivity index (χ0v) is 10.8.